The summed E-state index contributed by atoms with van der Waals surface area (Å²) in [5, 5.41) is 0. The van der Waals surface area contributed by atoms with Crippen molar-refractivity contribution in [2.75, 3.05) is 7.11 Å². The van der Waals surface area contributed by atoms with Gasteiger partial charge in [-0.3, -0.25) is 4.79 Å². The van der Waals surface area contributed by atoms with Gasteiger partial charge in [-0.15, -0.1) is 0 Å². The summed E-state index contributed by atoms with van der Waals surface area (Å²) in [6, 6.07) is 1.10. The van der Waals surface area contributed by atoms with E-state index in [4.69, 9.17) is 4.74 Å². The van der Waals surface area contributed by atoms with Crippen molar-refractivity contribution < 1.29 is 13.9 Å². The van der Waals surface area contributed by atoms with Crippen molar-refractivity contribution in [3.63, 3.8) is 0 Å². The lowest BCUT2D eigenvalue weighted by Gasteiger charge is -2.08. The molecule has 1 heterocycles. The van der Waals surface area contributed by atoms with Crippen LogP contribution in [0.4, 0.5) is 4.39 Å². The molecule has 0 aliphatic heterocycles. The molecule has 1 rings (SSSR count). The van der Waals surface area contributed by atoms with Crippen LogP contribution in [-0.2, 0) is 0 Å². The minimum Gasteiger partial charge on any atom is -0.494 e. The maximum absolute atomic E-state index is 12.8. The number of rotatable bonds is 3. The van der Waals surface area contributed by atoms with E-state index in [0.717, 1.165) is 6.07 Å². The second kappa shape index (κ2) is 4.17. The van der Waals surface area contributed by atoms with Gasteiger partial charge in [-0.25, -0.2) is 4.98 Å². The summed E-state index contributed by atoms with van der Waals surface area (Å²) in [7, 11) is 1.42. The number of hydrogen-bond acceptors (Lipinski definition) is 3. The third-order valence-electron chi connectivity index (χ3n) is 1.84. The van der Waals surface area contributed by atoms with E-state index in [0.29, 0.717) is 5.75 Å². The number of carbonyl (C=O) groups excluding carboxylic acids is 1. The maximum Gasteiger partial charge on any atom is 0.213 e. The molecule has 76 valence electrons. The van der Waals surface area contributed by atoms with Crippen molar-refractivity contribution in [3.8, 4) is 5.75 Å². The van der Waals surface area contributed by atoms with E-state index >= 15 is 0 Å². The first kappa shape index (κ1) is 10.6. The average molecular weight is 197 g/mol. The Morgan fingerprint density at radius 3 is 2.71 bits per heavy atom. The van der Waals surface area contributed by atoms with Gasteiger partial charge in [0, 0.05) is 12.0 Å². The summed E-state index contributed by atoms with van der Waals surface area (Å²) < 4.78 is 17.7. The van der Waals surface area contributed by atoms with Crippen LogP contribution in [0.2, 0.25) is 0 Å². The fourth-order valence-corrected chi connectivity index (χ4v) is 1.08. The van der Waals surface area contributed by atoms with Gasteiger partial charge in [-0.2, -0.15) is 4.39 Å². The first-order chi connectivity index (χ1) is 6.56. The summed E-state index contributed by atoms with van der Waals surface area (Å²) in [6.07, 6.45) is 1.21. The third kappa shape index (κ3) is 2.07. The number of halogens is 1. The normalized spacial score (nSPS) is 10.4. The van der Waals surface area contributed by atoms with Gasteiger partial charge in [0.1, 0.15) is 5.75 Å². The summed E-state index contributed by atoms with van der Waals surface area (Å²) in [4.78, 5) is 15.0. The predicted molar refractivity (Wildman–Crippen MR) is 49.9 cm³/mol. The molecule has 0 aromatic carbocycles. The van der Waals surface area contributed by atoms with Crippen molar-refractivity contribution in [1.82, 2.24) is 4.98 Å². The molecule has 0 fully saturated rings. The van der Waals surface area contributed by atoms with Crippen molar-refractivity contribution >= 4 is 5.78 Å². The Balaban J connectivity index is 3.17. The SMILES string of the molecule is COc1cnc(F)cc1C(=O)C(C)C. The van der Waals surface area contributed by atoms with Crippen LogP contribution in [-0.4, -0.2) is 17.9 Å². The largest absolute Gasteiger partial charge is 0.494 e. The number of Topliss-reactive ketones (excluding diaryl/α,β-unsaturated/α-hetero) is 1. The molecular weight excluding hydrogens is 185 g/mol. The monoisotopic (exact) mass is 197 g/mol. The van der Waals surface area contributed by atoms with Gasteiger partial charge in [0.15, 0.2) is 5.78 Å². The highest BCUT2D eigenvalue weighted by molar-refractivity contribution is 5.99. The molecule has 0 unspecified atom stereocenters. The van der Waals surface area contributed by atoms with Crippen LogP contribution >= 0.6 is 0 Å². The highest BCUT2D eigenvalue weighted by Gasteiger charge is 2.16. The number of hydrogen-bond donors (Lipinski definition) is 0. The van der Waals surface area contributed by atoms with Crippen LogP contribution in [0.1, 0.15) is 24.2 Å². The first-order valence-corrected chi connectivity index (χ1v) is 4.30. The van der Waals surface area contributed by atoms with Crippen LogP contribution in [0.25, 0.3) is 0 Å². The van der Waals surface area contributed by atoms with Crippen LogP contribution in [0.5, 0.6) is 5.75 Å². The van der Waals surface area contributed by atoms with Crippen molar-refractivity contribution in [2.45, 2.75) is 13.8 Å². The summed E-state index contributed by atoms with van der Waals surface area (Å²) in [5.74, 6) is -0.700. The van der Waals surface area contributed by atoms with Gasteiger partial charge < -0.3 is 4.74 Å². The molecule has 1 aromatic rings. The van der Waals surface area contributed by atoms with Crippen molar-refractivity contribution in [3.05, 3.63) is 23.8 Å². The smallest absolute Gasteiger partial charge is 0.213 e. The Morgan fingerprint density at radius 1 is 1.57 bits per heavy atom. The summed E-state index contributed by atoms with van der Waals surface area (Å²) in [5.41, 5.74) is 0.245. The molecule has 1 aromatic heterocycles. The zero-order valence-electron chi connectivity index (χ0n) is 8.37. The second-order valence-corrected chi connectivity index (χ2v) is 3.23. The molecule has 0 aliphatic carbocycles. The van der Waals surface area contributed by atoms with E-state index in [2.05, 4.69) is 4.98 Å². The molecular formula is C10H12FNO2. The molecule has 14 heavy (non-hydrogen) atoms. The number of nitrogens with zero attached hydrogens (tertiary/aromatic N) is 1. The standard InChI is InChI=1S/C10H12FNO2/c1-6(2)10(13)7-4-9(11)12-5-8(7)14-3/h4-6H,1-3H3. The minimum atomic E-state index is -0.671. The molecule has 0 amide bonds. The minimum absolute atomic E-state index is 0.150. The summed E-state index contributed by atoms with van der Waals surface area (Å²) in [6.45, 7) is 3.50. The highest BCUT2D eigenvalue weighted by atomic mass is 19.1. The number of pyridine rings is 1. The first-order valence-electron chi connectivity index (χ1n) is 4.30. The molecule has 0 spiro atoms. The Hall–Kier alpha value is -1.45. The van der Waals surface area contributed by atoms with E-state index in [-0.39, 0.29) is 17.3 Å². The molecule has 0 aliphatic rings. The molecule has 0 bridgehead atoms. The fraction of sp³-hybridized carbons (Fsp3) is 0.400. The number of ketones is 1. The molecule has 4 heteroatoms. The topological polar surface area (TPSA) is 39.2 Å². The average Bonchev–Trinajstić information content (AvgIpc) is 2.16. The molecule has 3 nitrogen and oxygen atoms in total. The van der Waals surface area contributed by atoms with Gasteiger partial charge in [-0.1, -0.05) is 13.8 Å². The third-order valence-corrected chi connectivity index (χ3v) is 1.84. The lowest BCUT2D eigenvalue weighted by molar-refractivity contribution is 0.0935. The van der Waals surface area contributed by atoms with Crippen LogP contribution < -0.4 is 4.74 Å². The van der Waals surface area contributed by atoms with Gasteiger partial charge in [0.25, 0.3) is 0 Å². The lowest BCUT2D eigenvalue weighted by atomic mass is 10.0. The van der Waals surface area contributed by atoms with Crippen LogP contribution in [0, 0.1) is 11.9 Å². The molecule has 0 saturated carbocycles. The second-order valence-electron chi connectivity index (χ2n) is 3.23. The number of methoxy groups -OCH3 is 1. The lowest BCUT2D eigenvalue weighted by Crippen LogP contribution is -2.10. The van der Waals surface area contributed by atoms with Crippen LogP contribution in [0.15, 0.2) is 12.3 Å². The molecule has 0 saturated heterocycles. The van der Waals surface area contributed by atoms with Crippen molar-refractivity contribution in [2.24, 2.45) is 5.92 Å². The van der Waals surface area contributed by atoms with E-state index in [1.165, 1.54) is 13.3 Å². The Morgan fingerprint density at radius 2 is 2.21 bits per heavy atom. The number of carbonyl (C=O) groups is 1. The van der Waals surface area contributed by atoms with Crippen molar-refractivity contribution in [1.29, 1.82) is 0 Å². The number of aromatic nitrogens is 1. The summed E-state index contributed by atoms with van der Waals surface area (Å²) >= 11 is 0. The van der Waals surface area contributed by atoms with Gasteiger partial charge >= 0.3 is 0 Å². The van der Waals surface area contributed by atoms with E-state index in [9.17, 15) is 9.18 Å². The zero-order chi connectivity index (χ0) is 10.7. The number of ether oxygens (including phenoxy) is 1. The van der Waals surface area contributed by atoms with Gasteiger partial charge in [0.2, 0.25) is 5.95 Å². The van der Waals surface area contributed by atoms with Crippen LogP contribution in [0.3, 0.4) is 0 Å². The fourth-order valence-electron chi connectivity index (χ4n) is 1.08. The molecule has 0 atom stereocenters. The van der Waals surface area contributed by atoms with E-state index in [1.54, 1.807) is 13.8 Å². The Labute approximate surface area is 81.9 Å². The molecule has 0 N–H and O–H groups in total. The Kier molecular flexibility index (Phi) is 3.17. The highest BCUT2D eigenvalue weighted by Crippen LogP contribution is 2.20. The molecule has 0 radical (unpaired) electrons. The predicted octanol–water partition coefficient (Wildman–Crippen LogP) is 2.07. The van der Waals surface area contributed by atoms with E-state index in [1.807, 2.05) is 0 Å². The van der Waals surface area contributed by atoms with Gasteiger partial charge in [0.05, 0.1) is 18.9 Å². The van der Waals surface area contributed by atoms with Gasteiger partial charge in [-0.05, 0) is 0 Å². The quantitative estimate of drug-likeness (QED) is 0.550. The zero-order valence-corrected chi connectivity index (χ0v) is 8.37. The van der Waals surface area contributed by atoms with E-state index < -0.39 is 5.95 Å². The maximum atomic E-state index is 12.8. The Bertz CT molecular complexity index is 350.